The van der Waals surface area contributed by atoms with Gasteiger partial charge in [-0.15, -0.1) is 10.2 Å². The lowest BCUT2D eigenvalue weighted by Gasteiger charge is -2.23. The van der Waals surface area contributed by atoms with Crippen LogP contribution in [-0.2, 0) is 0 Å². The van der Waals surface area contributed by atoms with Gasteiger partial charge in [-0.2, -0.15) is 0 Å². The van der Waals surface area contributed by atoms with Crippen LogP contribution in [0.4, 0.5) is 5.69 Å². The Morgan fingerprint density at radius 3 is 2.80 bits per heavy atom. The number of nitro benzene ring substituents is 1. The van der Waals surface area contributed by atoms with Crippen LogP contribution in [0.25, 0.3) is 5.65 Å². The van der Waals surface area contributed by atoms with Gasteiger partial charge in [0, 0.05) is 18.8 Å². The predicted octanol–water partition coefficient (Wildman–Crippen LogP) is 2.61. The first kappa shape index (κ1) is 15.3. The molecule has 1 aliphatic rings. The molecule has 0 saturated carbocycles. The Balaban J connectivity index is 1.73. The summed E-state index contributed by atoms with van der Waals surface area (Å²) in [6.45, 7) is 0.539. The van der Waals surface area contributed by atoms with Crippen molar-refractivity contribution in [2.75, 3.05) is 6.54 Å². The van der Waals surface area contributed by atoms with E-state index in [4.69, 9.17) is 0 Å². The van der Waals surface area contributed by atoms with Gasteiger partial charge < -0.3 is 4.90 Å². The Morgan fingerprint density at radius 2 is 1.96 bits per heavy atom. The van der Waals surface area contributed by atoms with Crippen molar-refractivity contribution in [1.82, 2.24) is 19.5 Å². The quantitative estimate of drug-likeness (QED) is 0.541. The van der Waals surface area contributed by atoms with Gasteiger partial charge in [0.1, 0.15) is 5.56 Å². The summed E-state index contributed by atoms with van der Waals surface area (Å²) in [4.78, 5) is 25.3. The second-order valence-electron chi connectivity index (χ2n) is 5.92. The SMILES string of the molecule is O=C(c1ccccc1[N+](=O)[O-])N1CCCC1c1nnc2ccccn12. The molecule has 8 heteroatoms. The number of carbonyl (C=O) groups is 1. The lowest BCUT2D eigenvalue weighted by Crippen LogP contribution is -2.32. The maximum Gasteiger partial charge on any atom is 0.282 e. The molecule has 1 amide bonds. The number of rotatable bonds is 3. The van der Waals surface area contributed by atoms with Crippen molar-refractivity contribution >= 4 is 17.2 Å². The number of aromatic nitrogens is 3. The zero-order valence-corrected chi connectivity index (χ0v) is 13.3. The van der Waals surface area contributed by atoms with Gasteiger partial charge in [0.05, 0.1) is 11.0 Å². The van der Waals surface area contributed by atoms with Gasteiger partial charge in [0.25, 0.3) is 11.6 Å². The van der Waals surface area contributed by atoms with E-state index in [0.717, 1.165) is 12.8 Å². The lowest BCUT2D eigenvalue weighted by atomic mass is 10.1. The molecule has 126 valence electrons. The van der Waals surface area contributed by atoms with Gasteiger partial charge in [-0.1, -0.05) is 18.2 Å². The number of para-hydroxylation sites is 1. The molecule has 1 atom stereocenters. The lowest BCUT2D eigenvalue weighted by molar-refractivity contribution is -0.385. The maximum absolute atomic E-state index is 13.0. The monoisotopic (exact) mass is 337 g/mol. The molecule has 25 heavy (non-hydrogen) atoms. The number of fused-ring (bicyclic) bond motifs is 1. The first-order valence-corrected chi connectivity index (χ1v) is 8.01. The Morgan fingerprint density at radius 1 is 1.16 bits per heavy atom. The topological polar surface area (TPSA) is 93.6 Å². The van der Waals surface area contributed by atoms with E-state index >= 15 is 0 Å². The van der Waals surface area contributed by atoms with Gasteiger partial charge in [-0.05, 0) is 31.0 Å². The Labute approximate surface area is 142 Å². The molecule has 8 nitrogen and oxygen atoms in total. The standard InChI is InChI=1S/C17H15N5O3/c23-17(12-6-1-2-7-13(12)22(24)25)20-11-5-8-14(20)16-19-18-15-9-3-4-10-21(15)16/h1-4,6-7,9-10,14H,5,8,11H2. The molecular weight excluding hydrogens is 322 g/mol. The summed E-state index contributed by atoms with van der Waals surface area (Å²) in [7, 11) is 0. The van der Waals surface area contributed by atoms with Crippen LogP contribution in [0, 0.1) is 10.1 Å². The van der Waals surface area contributed by atoms with Crippen molar-refractivity contribution in [2.45, 2.75) is 18.9 Å². The number of hydrogen-bond donors (Lipinski definition) is 0. The summed E-state index contributed by atoms with van der Waals surface area (Å²) in [5.41, 5.74) is 0.639. The number of pyridine rings is 1. The van der Waals surface area contributed by atoms with E-state index in [1.165, 1.54) is 12.1 Å². The van der Waals surface area contributed by atoms with E-state index in [9.17, 15) is 14.9 Å². The fraction of sp³-hybridized carbons (Fsp3) is 0.235. The van der Waals surface area contributed by atoms with Crippen molar-refractivity contribution in [3.05, 3.63) is 70.2 Å². The number of amides is 1. The van der Waals surface area contributed by atoms with Crippen LogP contribution in [-0.4, -0.2) is 36.9 Å². The number of benzene rings is 1. The minimum absolute atomic E-state index is 0.105. The molecular formula is C17H15N5O3. The van der Waals surface area contributed by atoms with Gasteiger partial charge in [-0.25, -0.2) is 0 Å². The number of hydrogen-bond acceptors (Lipinski definition) is 5. The molecule has 3 aromatic rings. The molecule has 3 heterocycles. The number of nitro groups is 1. The molecule has 0 radical (unpaired) electrons. The van der Waals surface area contributed by atoms with Crippen LogP contribution in [0.3, 0.4) is 0 Å². The maximum atomic E-state index is 13.0. The number of nitrogens with zero attached hydrogens (tertiary/aromatic N) is 5. The second kappa shape index (κ2) is 5.97. The molecule has 0 bridgehead atoms. The highest BCUT2D eigenvalue weighted by Crippen LogP contribution is 2.33. The van der Waals surface area contributed by atoms with Crippen LogP contribution in [0.1, 0.15) is 35.1 Å². The molecule has 2 aromatic heterocycles. The molecule has 0 N–H and O–H groups in total. The van der Waals surface area contributed by atoms with Crippen molar-refractivity contribution in [1.29, 1.82) is 0 Å². The first-order chi connectivity index (χ1) is 12.2. The van der Waals surface area contributed by atoms with Gasteiger partial charge in [-0.3, -0.25) is 19.3 Å². The van der Waals surface area contributed by atoms with E-state index in [1.54, 1.807) is 17.0 Å². The Kier molecular flexibility index (Phi) is 3.64. The van der Waals surface area contributed by atoms with Crippen LogP contribution in [0.5, 0.6) is 0 Å². The molecule has 1 unspecified atom stereocenters. The number of carbonyl (C=O) groups excluding carboxylic acids is 1. The van der Waals surface area contributed by atoms with Crippen LogP contribution < -0.4 is 0 Å². The normalized spacial score (nSPS) is 17.1. The molecule has 1 saturated heterocycles. The minimum Gasteiger partial charge on any atom is -0.328 e. The summed E-state index contributed by atoms with van der Waals surface area (Å²) < 4.78 is 1.86. The van der Waals surface area contributed by atoms with Crippen LogP contribution in [0.15, 0.2) is 48.7 Å². The highest BCUT2D eigenvalue weighted by molar-refractivity contribution is 5.98. The third-order valence-electron chi connectivity index (χ3n) is 4.48. The van der Waals surface area contributed by atoms with Crippen molar-refractivity contribution < 1.29 is 9.72 Å². The zero-order valence-electron chi connectivity index (χ0n) is 13.3. The highest BCUT2D eigenvalue weighted by atomic mass is 16.6. The smallest absolute Gasteiger partial charge is 0.282 e. The van der Waals surface area contributed by atoms with E-state index in [1.807, 2.05) is 28.8 Å². The van der Waals surface area contributed by atoms with Crippen LogP contribution >= 0.6 is 0 Å². The van der Waals surface area contributed by atoms with Gasteiger partial charge >= 0.3 is 0 Å². The largest absolute Gasteiger partial charge is 0.328 e. The van der Waals surface area contributed by atoms with Crippen molar-refractivity contribution in [3.8, 4) is 0 Å². The molecule has 4 rings (SSSR count). The van der Waals surface area contributed by atoms with E-state index in [0.29, 0.717) is 18.0 Å². The van der Waals surface area contributed by atoms with Crippen molar-refractivity contribution in [3.63, 3.8) is 0 Å². The summed E-state index contributed by atoms with van der Waals surface area (Å²) in [6, 6.07) is 11.4. The molecule has 0 aliphatic carbocycles. The summed E-state index contributed by atoms with van der Waals surface area (Å²) in [6.07, 6.45) is 3.43. The number of likely N-dealkylation sites (tertiary alicyclic amines) is 1. The first-order valence-electron chi connectivity index (χ1n) is 8.01. The molecule has 1 aromatic carbocycles. The Bertz CT molecular complexity index is 968. The minimum atomic E-state index is -0.523. The summed E-state index contributed by atoms with van der Waals surface area (Å²) >= 11 is 0. The molecule has 0 spiro atoms. The highest BCUT2D eigenvalue weighted by Gasteiger charge is 2.35. The van der Waals surface area contributed by atoms with E-state index < -0.39 is 4.92 Å². The van der Waals surface area contributed by atoms with Crippen LogP contribution in [0.2, 0.25) is 0 Å². The van der Waals surface area contributed by atoms with E-state index in [2.05, 4.69) is 10.2 Å². The zero-order chi connectivity index (χ0) is 17.4. The summed E-state index contributed by atoms with van der Waals surface area (Å²) in [5.74, 6) is 0.336. The Hall–Kier alpha value is -3.29. The van der Waals surface area contributed by atoms with Gasteiger partial charge in [0.15, 0.2) is 11.5 Å². The third-order valence-corrected chi connectivity index (χ3v) is 4.48. The third kappa shape index (κ3) is 2.51. The molecule has 1 aliphatic heterocycles. The second-order valence-corrected chi connectivity index (χ2v) is 5.92. The van der Waals surface area contributed by atoms with E-state index in [-0.39, 0.29) is 23.2 Å². The average Bonchev–Trinajstić information content (AvgIpc) is 3.27. The van der Waals surface area contributed by atoms with Gasteiger partial charge in [0.2, 0.25) is 0 Å². The predicted molar refractivity (Wildman–Crippen MR) is 89.1 cm³/mol. The van der Waals surface area contributed by atoms with Crippen molar-refractivity contribution in [2.24, 2.45) is 0 Å². The molecule has 1 fully saturated rings. The fourth-order valence-corrected chi connectivity index (χ4v) is 3.33. The summed E-state index contributed by atoms with van der Waals surface area (Å²) in [5, 5.41) is 19.6. The fourth-order valence-electron chi connectivity index (χ4n) is 3.33. The average molecular weight is 337 g/mol.